The Kier molecular flexibility index (Phi) is 4.63. The van der Waals surface area contributed by atoms with Crippen LogP contribution < -0.4 is 11.2 Å². The van der Waals surface area contributed by atoms with Crippen LogP contribution in [0.25, 0.3) is 11.0 Å². The molecule has 0 bridgehead atoms. The first-order chi connectivity index (χ1) is 9.86. The van der Waals surface area contributed by atoms with E-state index in [2.05, 4.69) is 0 Å². The van der Waals surface area contributed by atoms with Gasteiger partial charge in [0.15, 0.2) is 10.5 Å². The maximum atomic E-state index is 12.9. The summed E-state index contributed by atoms with van der Waals surface area (Å²) in [7, 11) is 0. The molecule has 2 N–H and O–H groups in total. The van der Waals surface area contributed by atoms with E-state index in [1.165, 1.54) is 17.8 Å². The fraction of sp³-hybridized carbons (Fsp3) is 0.357. The van der Waals surface area contributed by atoms with Crippen LogP contribution in [-0.2, 0) is 12.6 Å². The third-order valence-electron chi connectivity index (χ3n) is 2.91. The molecule has 1 aromatic heterocycles. The van der Waals surface area contributed by atoms with Crippen molar-refractivity contribution in [2.45, 2.75) is 24.6 Å². The smallest absolute Gasteiger partial charge is 0.416 e. The molecule has 0 atom stereocenters. The Morgan fingerprint density at radius 3 is 2.57 bits per heavy atom. The predicted molar refractivity (Wildman–Crippen MR) is 76.6 cm³/mol. The van der Waals surface area contributed by atoms with Gasteiger partial charge in [-0.05, 0) is 36.4 Å². The highest BCUT2D eigenvalue weighted by Crippen LogP contribution is 2.33. The Morgan fingerprint density at radius 2 is 2.00 bits per heavy atom. The van der Waals surface area contributed by atoms with Crippen molar-refractivity contribution in [3.63, 3.8) is 0 Å². The van der Waals surface area contributed by atoms with Gasteiger partial charge >= 0.3 is 6.18 Å². The van der Waals surface area contributed by atoms with E-state index in [0.717, 1.165) is 12.1 Å². The molecule has 0 unspecified atom stereocenters. The molecule has 0 fully saturated rings. The second kappa shape index (κ2) is 6.11. The molecule has 0 saturated carbocycles. The summed E-state index contributed by atoms with van der Waals surface area (Å²) >= 11 is 1.32. The van der Waals surface area contributed by atoms with E-state index >= 15 is 0 Å². The molecule has 2 rings (SSSR count). The maximum absolute atomic E-state index is 12.9. The van der Waals surface area contributed by atoms with Crippen LogP contribution in [-0.4, -0.2) is 12.3 Å². The molecule has 2 aromatic rings. The minimum absolute atomic E-state index is 0.0614. The Balaban J connectivity index is 2.75. The molecule has 3 nitrogen and oxygen atoms in total. The van der Waals surface area contributed by atoms with E-state index < -0.39 is 17.2 Å². The molecule has 7 heteroatoms. The van der Waals surface area contributed by atoms with E-state index in [0.29, 0.717) is 16.4 Å². The summed E-state index contributed by atoms with van der Waals surface area (Å²) in [6, 6.07) is 3.06. The van der Waals surface area contributed by atoms with Crippen LogP contribution in [0.15, 0.2) is 32.5 Å². The molecule has 0 aliphatic carbocycles. The van der Waals surface area contributed by atoms with Crippen LogP contribution in [0.2, 0.25) is 0 Å². The van der Waals surface area contributed by atoms with Crippen LogP contribution in [0.5, 0.6) is 0 Å². The van der Waals surface area contributed by atoms with Crippen molar-refractivity contribution in [1.82, 2.24) is 0 Å². The highest BCUT2D eigenvalue weighted by Gasteiger charge is 2.32. The van der Waals surface area contributed by atoms with E-state index in [4.69, 9.17) is 10.2 Å². The van der Waals surface area contributed by atoms with Gasteiger partial charge in [-0.15, -0.1) is 0 Å². The molecule has 21 heavy (non-hydrogen) atoms. The summed E-state index contributed by atoms with van der Waals surface area (Å²) in [5.74, 6) is 0.696. The Morgan fingerprint density at radius 1 is 1.29 bits per heavy atom. The SMILES string of the molecule is CCSc1cc(=O)c2cc(C(F)(F)F)cc(CCN)c2o1. The first kappa shape index (κ1) is 15.9. The summed E-state index contributed by atoms with van der Waals surface area (Å²) in [6.45, 7) is 2.06. The summed E-state index contributed by atoms with van der Waals surface area (Å²) in [4.78, 5) is 12.0. The van der Waals surface area contributed by atoms with Gasteiger partial charge in [-0.25, -0.2) is 0 Å². The van der Waals surface area contributed by atoms with Crippen LogP contribution in [0.4, 0.5) is 13.2 Å². The molecule has 1 aromatic carbocycles. The molecule has 114 valence electrons. The summed E-state index contributed by atoms with van der Waals surface area (Å²) in [6.07, 6.45) is -4.30. The molecule has 0 spiro atoms. The zero-order valence-corrected chi connectivity index (χ0v) is 12.1. The number of fused-ring (bicyclic) bond motifs is 1. The second-order valence-corrected chi connectivity index (χ2v) is 5.68. The average molecular weight is 317 g/mol. The van der Waals surface area contributed by atoms with Gasteiger partial charge in [-0.1, -0.05) is 18.7 Å². The third-order valence-corrected chi connectivity index (χ3v) is 3.68. The Labute approximate surface area is 123 Å². The van der Waals surface area contributed by atoms with Gasteiger partial charge in [0.1, 0.15) is 5.58 Å². The van der Waals surface area contributed by atoms with Gasteiger partial charge in [0.2, 0.25) is 0 Å². The Bertz CT molecular complexity index is 710. The van der Waals surface area contributed by atoms with Crippen molar-refractivity contribution in [3.8, 4) is 0 Å². The van der Waals surface area contributed by atoms with Crippen LogP contribution in [0.1, 0.15) is 18.1 Å². The number of benzene rings is 1. The summed E-state index contributed by atoms with van der Waals surface area (Å²) in [5.41, 5.74) is 4.60. The van der Waals surface area contributed by atoms with E-state index in [1.54, 1.807) is 0 Å². The lowest BCUT2D eigenvalue weighted by Gasteiger charge is -2.12. The molecular formula is C14H14F3NO2S. The van der Waals surface area contributed by atoms with Gasteiger partial charge in [0.25, 0.3) is 0 Å². The van der Waals surface area contributed by atoms with Gasteiger partial charge in [0.05, 0.1) is 10.9 Å². The highest BCUT2D eigenvalue weighted by atomic mass is 32.2. The normalized spacial score (nSPS) is 12.0. The first-order valence-corrected chi connectivity index (χ1v) is 7.36. The molecule has 1 heterocycles. The van der Waals surface area contributed by atoms with Crippen molar-refractivity contribution in [2.75, 3.05) is 12.3 Å². The molecular weight excluding hydrogens is 303 g/mol. The van der Waals surface area contributed by atoms with Gasteiger partial charge in [-0.3, -0.25) is 4.79 Å². The van der Waals surface area contributed by atoms with Gasteiger partial charge < -0.3 is 10.2 Å². The third kappa shape index (κ3) is 3.41. The summed E-state index contributed by atoms with van der Waals surface area (Å²) < 4.78 is 44.3. The number of nitrogens with two attached hydrogens (primary N) is 1. The van der Waals surface area contributed by atoms with E-state index in [-0.39, 0.29) is 23.9 Å². The molecule has 0 aliphatic rings. The lowest BCUT2D eigenvalue weighted by Crippen LogP contribution is -2.11. The van der Waals surface area contributed by atoms with Crippen molar-refractivity contribution >= 4 is 22.7 Å². The second-order valence-electron chi connectivity index (χ2n) is 4.41. The molecule has 0 amide bonds. The molecule has 0 aliphatic heterocycles. The van der Waals surface area contributed by atoms with Crippen LogP contribution in [0, 0.1) is 0 Å². The fourth-order valence-corrected chi connectivity index (χ4v) is 2.64. The van der Waals surface area contributed by atoms with Gasteiger partial charge in [0, 0.05) is 6.07 Å². The van der Waals surface area contributed by atoms with Gasteiger partial charge in [-0.2, -0.15) is 13.2 Å². The zero-order chi connectivity index (χ0) is 15.6. The summed E-state index contributed by atoms with van der Waals surface area (Å²) in [5, 5.41) is 0.335. The maximum Gasteiger partial charge on any atom is 0.416 e. The first-order valence-electron chi connectivity index (χ1n) is 6.37. The van der Waals surface area contributed by atoms with Crippen molar-refractivity contribution < 1.29 is 17.6 Å². The number of hydrogen-bond donors (Lipinski definition) is 1. The van der Waals surface area contributed by atoms with E-state index in [1.807, 2.05) is 6.92 Å². The van der Waals surface area contributed by atoms with Crippen molar-refractivity contribution in [3.05, 3.63) is 39.5 Å². The minimum Gasteiger partial charge on any atom is -0.449 e. The topological polar surface area (TPSA) is 56.2 Å². The monoisotopic (exact) mass is 317 g/mol. The number of halogens is 3. The quantitative estimate of drug-likeness (QED) is 0.878. The number of hydrogen-bond acceptors (Lipinski definition) is 4. The zero-order valence-electron chi connectivity index (χ0n) is 11.3. The van der Waals surface area contributed by atoms with Crippen LogP contribution >= 0.6 is 11.8 Å². The lowest BCUT2D eigenvalue weighted by atomic mass is 10.0. The largest absolute Gasteiger partial charge is 0.449 e. The predicted octanol–water partition coefficient (Wildman–Crippen LogP) is 3.43. The standard InChI is InChI=1S/C14H14F3NO2S/c1-2-21-12-7-11(19)10-6-9(14(15,16)17)5-8(3-4-18)13(10)20-12/h5-7H,2-4,18H2,1H3. The van der Waals surface area contributed by atoms with Crippen LogP contribution in [0.3, 0.4) is 0 Å². The van der Waals surface area contributed by atoms with Crippen molar-refractivity contribution in [1.29, 1.82) is 0 Å². The number of alkyl halides is 3. The number of rotatable bonds is 4. The fourth-order valence-electron chi connectivity index (χ4n) is 2.03. The lowest BCUT2D eigenvalue weighted by molar-refractivity contribution is -0.137. The minimum atomic E-state index is -4.51. The van der Waals surface area contributed by atoms with E-state index in [9.17, 15) is 18.0 Å². The highest BCUT2D eigenvalue weighted by molar-refractivity contribution is 7.99. The Hall–Kier alpha value is -1.47. The molecule has 0 radical (unpaired) electrons. The number of thioether (sulfide) groups is 1. The average Bonchev–Trinajstić information content (AvgIpc) is 2.39. The molecule has 0 saturated heterocycles. The van der Waals surface area contributed by atoms with Crippen molar-refractivity contribution in [2.24, 2.45) is 5.73 Å².